The molecule has 34 heavy (non-hydrogen) atoms. The van der Waals surface area contributed by atoms with Crippen LogP contribution >= 0.6 is 0 Å². The molecule has 2 aromatic carbocycles. The number of hydrogen-bond donors (Lipinski definition) is 2. The molecule has 4 rings (SSSR count). The van der Waals surface area contributed by atoms with Crippen molar-refractivity contribution < 1.29 is 17.9 Å². The third-order valence-corrected chi connectivity index (χ3v) is 8.12. The number of amides is 2. The fourth-order valence-corrected chi connectivity index (χ4v) is 5.90. The first kappa shape index (κ1) is 24.5. The maximum atomic E-state index is 13.1. The molecule has 1 fully saturated rings. The molecule has 2 aromatic rings. The first-order valence-electron chi connectivity index (χ1n) is 11.9. The molecule has 9 heteroatoms. The Bertz CT molecular complexity index is 1120. The standard InChI is InChI=1S/C25H34N4O4S/c1-4-33-22-10-8-20(9-11-22)27-25(30)29-18(2)16-19-7-12-23(17-24(19)29)34(31,32)26-14-13-21-6-5-15-28(21)3/h7-12,17-18,21,26H,4-6,13-16H2,1-3H3,(H,27,30). The van der Waals surface area contributed by atoms with E-state index >= 15 is 0 Å². The molecule has 2 unspecified atom stereocenters. The Morgan fingerprint density at radius 3 is 2.62 bits per heavy atom. The number of fused-ring (bicyclic) bond motifs is 1. The summed E-state index contributed by atoms with van der Waals surface area (Å²) in [4.78, 5) is 17.2. The zero-order valence-electron chi connectivity index (χ0n) is 20.1. The van der Waals surface area contributed by atoms with E-state index in [2.05, 4.69) is 22.0 Å². The Kier molecular flexibility index (Phi) is 7.45. The largest absolute Gasteiger partial charge is 0.494 e. The monoisotopic (exact) mass is 486 g/mol. The summed E-state index contributed by atoms with van der Waals surface area (Å²) in [5.41, 5.74) is 2.24. The van der Waals surface area contributed by atoms with Crippen molar-refractivity contribution in [2.75, 3.05) is 37.0 Å². The second-order valence-corrected chi connectivity index (χ2v) is 10.8. The fraction of sp³-hybridized carbons (Fsp3) is 0.480. The quantitative estimate of drug-likeness (QED) is 0.592. The maximum absolute atomic E-state index is 13.1. The second kappa shape index (κ2) is 10.3. The van der Waals surface area contributed by atoms with Gasteiger partial charge in [-0.25, -0.2) is 17.9 Å². The molecule has 2 N–H and O–H groups in total. The predicted molar refractivity (Wildman–Crippen MR) is 134 cm³/mol. The van der Waals surface area contributed by atoms with E-state index < -0.39 is 10.0 Å². The summed E-state index contributed by atoms with van der Waals surface area (Å²) in [7, 11) is -1.58. The third kappa shape index (κ3) is 5.37. The molecule has 0 spiro atoms. The SMILES string of the molecule is CCOc1ccc(NC(=O)N2c3cc(S(=O)(=O)NCCC4CCCN4C)ccc3CC2C)cc1. The highest BCUT2D eigenvalue weighted by Crippen LogP contribution is 2.34. The summed E-state index contributed by atoms with van der Waals surface area (Å²) >= 11 is 0. The summed E-state index contributed by atoms with van der Waals surface area (Å²) < 4.78 is 34.1. The van der Waals surface area contributed by atoms with Gasteiger partial charge in [0.15, 0.2) is 0 Å². The Morgan fingerprint density at radius 1 is 1.18 bits per heavy atom. The summed E-state index contributed by atoms with van der Waals surface area (Å²) in [6.07, 6.45) is 3.72. The van der Waals surface area contributed by atoms with Crippen molar-refractivity contribution in [3.05, 3.63) is 48.0 Å². The molecular weight excluding hydrogens is 452 g/mol. The van der Waals surface area contributed by atoms with E-state index in [0.717, 1.165) is 37.1 Å². The van der Waals surface area contributed by atoms with Gasteiger partial charge >= 0.3 is 6.03 Å². The summed E-state index contributed by atoms with van der Waals surface area (Å²) in [5.74, 6) is 0.738. The van der Waals surface area contributed by atoms with E-state index in [4.69, 9.17) is 4.74 Å². The average Bonchev–Trinajstić information content (AvgIpc) is 3.36. The predicted octanol–water partition coefficient (Wildman–Crippen LogP) is 3.83. The fourth-order valence-electron chi connectivity index (χ4n) is 4.84. The van der Waals surface area contributed by atoms with Crippen LogP contribution in [0.4, 0.5) is 16.2 Å². The Balaban J connectivity index is 1.45. The van der Waals surface area contributed by atoms with Gasteiger partial charge in [0.25, 0.3) is 0 Å². The van der Waals surface area contributed by atoms with Crippen molar-refractivity contribution in [3.63, 3.8) is 0 Å². The number of likely N-dealkylation sites (tertiary alicyclic amines) is 1. The van der Waals surface area contributed by atoms with E-state index in [1.807, 2.05) is 19.9 Å². The molecule has 2 heterocycles. The van der Waals surface area contributed by atoms with Gasteiger partial charge in [0.1, 0.15) is 5.75 Å². The topological polar surface area (TPSA) is 91.0 Å². The lowest BCUT2D eigenvalue weighted by atomic mass is 10.1. The van der Waals surface area contributed by atoms with E-state index in [9.17, 15) is 13.2 Å². The molecule has 0 aromatic heterocycles. The van der Waals surface area contributed by atoms with Crippen molar-refractivity contribution in [3.8, 4) is 5.75 Å². The number of sulfonamides is 1. The van der Waals surface area contributed by atoms with Gasteiger partial charge in [-0.1, -0.05) is 6.07 Å². The van der Waals surface area contributed by atoms with Gasteiger partial charge in [0, 0.05) is 24.3 Å². The number of ether oxygens (including phenoxy) is 1. The van der Waals surface area contributed by atoms with E-state index in [1.165, 1.54) is 0 Å². The molecule has 8 nitrogen and oxygen atoms in total. The van der Waals surface area contributed by atoms with Crippen LogP contribution in [0.1, 0.15) is 38.7 Å². The molecule has 0 bridgehead atoms. The van der Waals surface area contributed by atoms with Crippen LogP contribution in [0, 0.1) is 0 Å². The molecule has 2 amide bonds. The molecule has 0 aliphatic carbocycles. The first-order chi connectivity index (χ1) is 16.3. The number of urea groups is 1. The van der Waals surface area contributed by atoms with Crippen LogP contribution < -0.4 is 19.7 Å². The van der Waals surface area contributed by atoms with Crippen LogP contribution in [0.25, 0.3) is 0 Å². The molecule has 0 radical (unpaired) electrons. The van der Waals surface area contributed by atoms with Crippen LogP contribution in [0.3, 0.4) is 0 Å². The Morgan fingerprint density at radius 2 is 1.94 bits per heavy atom. The number of anilines is 2. The summed E-state index contributed by atoms with van der Waals surface area (Å²) in [6, 6.07) is 12.3. The normalized spacial score (nSPS) is 20.4. The van der Waals surface area contributed by atoms with Crippen LogP contribution in [0.5, 0.6) is 5.75 Å². The molecule has 2 aliphatic heterocycles. The van der Waals surface area contributed by atoms with Gasteiger partial charge in [-0.05, 0) is 95.1 Å². The van der Waals surface area contributed by atoms with Gasteiger partial charge in [0.05, 0.1) is 17.2 Å². The lowest BCUT2D eigenvalue weighted by Gasteiger charge is -2.23. The highest BCUT2D eigenvalue weighted by atomic mass is 32.2. The highest BCUT2D eigenvalue weighted by molar-refractivity contribution is 7.89. The number of benzene rings is 2. The van der Waals surface area contributed by atoms with Crippen LogP contribution in [-0.2, 0) is 16.4 Å². The van der Waals surface area contributed by atoms with E-state index in [1.54, 1.807) is 41.3 Å². The molecule has 2 aliphatic rings. The molecule has 184 valence electrons. The lowest BCUT2D eigenvalue weighted by Crippen LogP contribution is -2.39. The van der Waals surface area contributed by atoms with Crippen LogP contribution in [0.2, 0.25) is 0 Å². The van der Waals surface area contributed by atoms with Crippen LogP contribution in [0.15, 0.2) is 47.4 Å². The molecule has 1 saturated heterocycles. The van der Waals surface area contributed by atoms with Crippen molar-refractivity contribution in [2.24, 2.45) is 0 Å². The third-order valence-electron chi connectivity index (χ3n) is 6.66. The van der Waals surface area contributed by atoms with Crippen molar-refractivity contribution in [2.45, 2.75) is 56.5 Å². The lowest BCUT2D eigenvalue weighted by molar-refractivity contribution is 0.255. The number of carbonyl (C=O) groups excluding carboxylic acids is 1. The number of carbonyl (C=O) groups is 1. The van der Waals surface area contributed by atoms with Gasteiger partial charge in [-0.2, -0.15) is 0 Å². The van der Waals surface area contributed by atoms with Gasteiger partial charge in [-0.15, -0.1) is 0 Å². The van der Waals surface area contributed by atoms with Crippen LogP contribution in [-0.4, -0.2) is 58.2 Å². The average molecular weight is 487 g/mol. The van der Waals surface area contributed by atoms with Gasteiger partial charge < -0.3 is 15.0 Å². The van der Waals surface area contributed by atoms with Crippen molar-refractivity contribution in [1.29, 1.82) is 0 Å². The van der Waals surface area contributed by atoms with Gasteiger partial charge in [0.2, 0.25) is 10.0 Å². The first-order valence-corrected chi connectivity index (χ1v) is 13.4. The van der Waals surface area contributed by atoms with E-state index in [0.29, 0.717) is 37.0 Å². The minimum atomic E-state index is -3.67. The number of rotatable bonds is 8. The smallest absolute Gasteiger partial charge is 0.326 e. The van der Waals surface area contributed by atoms with E-state index in [-0.39, 0.29) is 17.0 Å². The van der Waals surface area contributed by atoms with Crippen molar-refractivity contribution >= 4 is 27.4 Å². The van der Waals surface area contributed by atoms with Crippen molar-refractivity contribution in [1.82, 2.24) is 9.62 Å². The van der Waals surface area contributed by atoms with Gasteiger partial charge in [-0.3, -0.25) is 4.90 Å². The minimum absolute atomic E-state index is 0.0819. The Labute approximate surface area is 202 Å². The molecular formula is C25H34N4O4S. The maximum Gasteiger partial charge on any atom is 0.326 e. The summed E-state index contributed by atoms with van der Waals surface area (Å²) in [5, 5.41) is 2.91. The molecule has 0 saturated carbocycles. The number of hydrogen-bond acceptors (Lipinski definition) is 5. The highest BCUT2D eigenvalue weighted by Gasteiger charge is 2.32. The Hall–Kier alpha value is -2.62. The number of nitrogens with zero attached hydrogens (tertiary/aromatic N) is 2. The zero-order chi connectivity index (χ0) is 24.3. The zero-order valence-corrected chi connectivity index (χ0v) is 20.9. The number of nitrogens with one attached hydrogen (secondary N) is 2. The minimum Gasteiger partial charge on any atom is -0.494 e. The molecule has 2 atom stereocenters. The summed E-state index contributed by atoms with van der Waals surface area (Å²) in [6.45, 7) is 5.91. The second-order valence-electron chi connectivity index (χ2n) is 9.06.